The number of nitrogens with zero attached hydrogens (tertiary/aromatic N) is 1. The van der Waals surface area contributed by atoms with Gasteiger partial charge in [0, 0.05) is 31.4 Å². The van der Waals surface area contributed by atoms with Gasteiger partial charge < -0.3 is 20.3 Å². The summed E-state index contributed by atoms with van der Waals surface area (Å²) in [6.07, 6.45) is 3.11. The second kappa shape index (κ2) is 11.7. The third-order valence-corrected chi connectivity index (χ3v) is 4.81. The predicted molar refractivity (Wildman–Crippen MR) is 122 cm³/mol. The maximum Gasteiger partial charge on any atom is 0.244 e. The van der Waals surface area contributed by atoms with E-state index >= 15 is 0 Å². The molecule has 0 spiro atoms. The lowest BCUT2D eigenvalue weighted by molar-refractivity contribution is -0.126. The monoisotopic (exact) mass is 409 g/mol. The van der Waals surface area contributed by atoms with Crippen LogP contribution in [0.15, 0.2) is 54.6 Å². The number of hydrogen-bond acceptors (Lipinski definition) is 4. The Balaban J connectivity index is 1.78. The zero-order valence-electron chi connectivity index (χ0n) is 18.1. The number of carbonyl (C=O) groups excluding carboxylic acids is 2. The molecule has 2 aromatic carbocycles. The number of para-hydroxylation sites is 1. The Morgan fingerprint density at radius 2 is 1.83 bits per heavy atom. The summed E-state index contributed by atoms with van der Waals surface area (Å²) in [5.41, 5.74) is 3.24. The van der Waals surface area contributed by atoms with E-state index in [1.165, 1.54) is 17.3 Å². The van der Waals surface area contributed by atoms with Crippen molar-refractivity contribution in [3.63, 3.8) is 0 Å². The van der Waals surface area contributed by atoms with Crippen LogP contribution >= 0.6 is 0 Å². The number of ether oxygens (including phenoxy) is 1. The van der Waals surface area contributed by atoms with Gasteiger partial charge in [-0.3, -0.25) is 9.59 Å². The van der Waals surface area contributed by atoms with Gasteiger partial charge in [-0.2, -0.15) is 0 Å². The average Bonchev–Trinajstić information content (AvgIpc) is 2.76. The molecule has 2 amide bonds. The minimum absolute atomic E-state index is 0.206. The van der Waals surface area contributed by atoms with Gasteiger partial charge in [-0.05, 0) is 56.2 Å². The van der Waals surface area contributed by atoms with Crippen LogP contribution in [0.25, 0.3) is 6.08 Å². The molecule has 0 bridgehead atoms. The van der Waals surface area contributed by atoms with Gasteiger partial charge in [0.1, 0.15) is 11.8 Å². The first kappa shape index (κ1) is 23.0. The van der Waals surface area contributed by atoms with Crippen LogP contribution in [-0.4, -0.2) is 44.6 Å². The fraction of sp³-hybridized carbons (Fsp3) is 0.333. The Hall–Kier alpha value is -3.28. The number of hydrogen-bond donors (Lipinski definition) is 2. The van der Waals surface area contributed by atoms with Gasteiger partial charge in [0.2, 0.25) is 11.8 Å². The number of carbonyl (C=O) groups is 2. The van der Waals surface area contributed by atoms with Crippen molar-refractivity contribution in [2.24, 2.45) is 0 Å². The SMILES string of the molecule is CCN(CCNC(=O)C(C)NC(=O)/C=C/c1ccc(OC)cc1)c1ccccc1C. The molecular weight excluding hydrogens is 378 g/mol. The normalized spacial score (nSPS) is 11.7. The number of amides is 2. The summed E-state index contributed by atoms with van der Waals surface area (Å²) in [4.78, 5) is 26.6. The van der Waals surface area contributed by atoms with Crippen LogP contribution < -0.4 is 20.3 Å². The fourth-order valence-corrected chi connectivity index (χ4v) is 3.05. The van der Waals surface area contributed by atoms with E-state index in [1.807, 2.05) is 36.4 Å². The molecule has 0 aromatic heterocycles. The number of benzene rings is 2. The van der Waals surface area contributed by atoms with E-state index in [2.05, 4.69) is 41.5 Å². The summed E-state index contributed by atoms with van der Waals surface area (Å²) < 4.78 is 5.11. The van der Waals surface area contributed by atoms with E-state index in [1.54, 1.807) is 20.1 Å². The lowest BCUT2D eigenvalue weighted by Crippen LogP contribution is -2.46. The second-order valence-corrected chi connectivity index (χ2v) is 6.99. The molecule has 2 rings (SSSR count). The Kier molecular flexibility index (Phi) is 8.94. The first-order chi connectivity index (χ1) is 14.4. The molecule has 1 atom stereocenters. The lowest BCUT2D eigenvalue weighted by atomic mass is 10.2. The maximum atomic E-state index is 12.3. The molecule has 0 aliphatic carbocycles. The van der Waals surface area contributed by atoms with Crippen molar-refractivity contribution in [1.29, 1.82) is 0 Å². The summed E-state index contributed by atoms with van der Waals surface area (Å²) >= 11 is 0. The lowest BCUT2D eigenvalue weighted by Gasteiger charge is -2.25. The van der Waals surface area contributed by atoms with Gasteiger partial charge in [-0.25, -0.2) is 0 Å². The van der Waals surface area contributed by atoms with Gasteiger partial charge in [0.25, 0.3) is 0 Å². The van der Waals surface area contributed by atoms with E-state index < -0.39 is 6.04 Å². The molecule has 30 heavy (non-hydrogen) atoms. The van der Waals surface area contributed by atoms with Crippen molar-refractivity contribution in [2.45, 2.75) is 26.8 Å². The van der Waals surface area contributed by atoms with Gasteiger partial charge in [0.15, 0.2) is 0 Å². The summed E-state index contributed by atoms with van der Waals surface area (Å²) in [5, 5.41) is 5.58. The molecule has 0 fully saturated rings. The van der Waals surface area contributed by atoms with E-state index in [9.17, 15) is 9.59 Å². The van der Waals surface area contributed by atoms with E-state index in [0.29, 0.717) is 13.1 Å². The third-order valence-electron chi connectivity index (χ3n) is 4.81. The number of aryl methyl sites for hydroxylation is 1. The first-order valence-electron chi connectivity index (χ1n) is 10.2. The highest BCUT2D eigenvalue weighted by Gasteiger charge is 2.14. The minimum Gasteiger partial charge on any atom is -0.497 e. The number of rotatable bonds is 10. The Morgan fingerprint density at radius 3 is 2.47 bits per heavy atom. The van der Waals surface area contributed by atoms with Crippen molar-refractivity contribution in [2.75, 3.05) is 31.6 Å². The maximum absolute atomic E-state index is 12.3. The molecule has 160 valence electrons. The Bertz CT molecular complexity index is 862. The molecule has 1 unspecified atom stereocenters. The number of likely N-dealkylation sites (N-methyl/N-ethyl adjacent to an activating group) is 1. The number of nitrogens with one attached hydrogen (secondary N) is 2. The predicted octanol–water partition coefficient (Wildman–Crippen LogP) is 3.16. The number of anilines is 1. The summed E-state index contributed by atoms with van der Waals surface area (Å²) in [5.74, 6) is 0.233. The molecule has 0 saturated carbocycles. The molecule has 0 heterocycles. The van der Waals surface area contributed by atoms with Gasteiger partial charge in [-0.1, -0.05) is 30.3 Å². The molecule has 2 aromatic rings. The van der Waals surface area contributed by atoms with E-state index in [-0.39, 0.29) is 11.8 Å². The summed E-state index contributed by atoms with van der Waals surface area (Å²) in [7, 11) is 1.60. The largest absolute Gasteiger partial charge is 0.497 e. The molecule has 6 heteroatoms. The summed E-state index contributed by atoms with van der Waals surface area (Å²) in [6, 6.07) is 14.9. The van der Waals surface area contributed by atoms with Crippen LogP contribution in [0.1, 0.15) is 25.0 Å². The van der Waals surface area contributed by atoms with Crippen LogP contribution in [0.3, 0.4) is 0 Å². The van der Waals surface area contributed by atoms with Gasteiger partial charge >= 0.3 is 0 Å². The topological polar surface area (TPSA) is 70.7 Å². The van der Waals surface area contributed by atoms with Crippen molar-refractivity contribution >= 4 is 23.6 Å². The van der Waals surface area contributed by atoms with E-state index in [0.717, 1.165) is 17.9 Å². The molecule has 0 radical (unpaired) electrons. The fourth-order valence-electron chi connectivity index (χ4n) is 3.05. The molecule has 6 nitrogen and oxygen atoms in total. The quantitative estimate of drug-likeness (QED) is 0.592. The van der Waals surface area contributed by atoms with Crippen LogP contribution in [0, 0.1) is 6.92 Å². The average molecular weight is 410 g/mol. The van der Waals surface area contributed by atoms with Crippen molar-refractivity contribution in [1.82, 2.24) is 10.6 Å². The Labute approximate surface area is 178 Å². The van der Waals surface area contributed by atoms with Crippen LogP contribution in [-0.2, 0) is 9.59 Å². The highest BCUT2D eigenvalue weighted by atomic mass is 16.5. The van der Waals surface area contributed by atoms with Crippen molar-refractivity contribution < 1.29 is 14.3 Å². The molecule has 0 aliphatic rings. The minimum atomic E-state index is -0.619. The Morgan fingerprint density at radius 1 is 1.13 bits per heavy atom. The molecule has 2 N–H and O–H groups in total. The molecule has 0 saturated heterocycles. The zero-order valence-corrected chi connectivity index (χ0v) is 18.1. The number of methoxy groups -OCH3 is 1. The van der Waals surface area contributed by atoms with Crippen molar-refractivity contribution in [3.05, 3.63) is 65.7 Å². The first-order valence-corrected chi connectivity index (χ1v) is 10.2. The highest BCUT2D eigenvalue weighted by Crippen LogP contribution is 2.18. The van der Waals surface area contributed by atoms with Crippen LogP contribution in [0.4, 0.5) is 5.69 Å². The molecular formula is C24H31N3O3. The van der Waals surface area contributed by atoms with Gasteiger partial charge in [0.05, 0.1) is 7.11 Å². The van der Waals surface area contributed by atoms with Crippen LogP contribution in [0.2, 0.25) is 0 Å². The molecule has 0 aliphatic heterocycles. The van der Waals surface area contributed by atoms with E-state index in [4.69, 9.17) is 4.74 Å². The third kappa shape index (κ3) is 6.95. The smallest absolute Gasteiger partial charge is 0.244 e. The summed E-state index contributed by atoms with van der Waals surface area (Å²) in [6.45, 7) is 7.89. The van der Waals surface area contributed by atoms with Gasteiger partial charge in [-0.15, -0.1) is 0 Å². The second-order valence-electron chi connectivity index (χ2n) is 6.99. The highest BCUT2D eigenvalue weighted by molar-refractivity contribution is 5.95. The van der Waals surface area contributed by atoms with Crippen molar-refractivity contribution in [3.8, 4) is 5.75 Å². The standard InChI is InChI=1S/C24H31N3O3/c1-5-27(22-9-7-6-8-18(22)2)17-16-25-24(29)19(3)26-23(28)15-12-20-10-13-21(30-4)14-11-20/h6-15,19H,5,16-17H2,1-4H3,(H,25,29)(H,26,28)/b15-12+. The van der Waals surface area contributed by atoms with Crippen LogP contribution in [0.5, 0.6) is 5.75 Å². The zero-order chi connectivity index (χ0) is 21.9.